The number of amides is 2. The lowest BCUT2D eigenvalue weighted by Crippen LogP contribution is -2.57. The maximum absolute atomic E-state index is 12.9. The van der Waals surface area contributed by atoms with Crippen LogP contribution in [0.25, 0.3) is 0 Å². The third-order valence-electron chi connectivity index (χ3n) is 4.47. The summed E-state index contributed by atoms with van der Waals surface area (Å²) in [6, 6.07) is 11.6. The molecule has 25 heavy (non-hydrogen) atoms. The van der Waals surface area contributed by atoms with E-state index in [0.29, 0.717) is 28.7 Å². The molecule has 1 aliphatic rings. The number of piperazine rings is 1. The van der Waals surface area contributed by atoms with Crippen LogP contribution in [0.4, 0.5) is 5.69 Å². The molecule has 1 atom stereocenters. The topological polar surface area (TPSA) is 40.6 Å². The second-order valence-corrected chi connectivity index (χ2v) is 6.97. The molecule has 0 radical (unpaired) electrons. The van der Waals surface area contributed by atoms with Gasteiger partial charge in [0.15, 0.2) is 0 Å². The Kier molecular flexibility index (Phi) is 5.02. The molecule has 0 aromatic heterocycles. The number of aryl methyl sites for hydroxylation is 1. The largest absolute Gasteiger partial charge is 0.325 e. The zero-order chi connectivity index (χ0) is 18.1. The van der Waals surface area contributed by atoms with Crippen molar-refractivity contribution in [2.75, 3.05) is 18.0 Å². The Morgan fingerprint density at radius 1 is 1.04 bits per heavy atom. The maximum atomic E-state index is 12.9. The Morgan fingerprint density at radius 3 is 2.36 bits per heavy atom. The number of carbonyl (C=O) groups is 2. The Morgan fingerprint density at radius 2 is 1.68 bits per heavy atom. The van der Waals surface area contributed by atoms with Gasteiger partial charge in [-0.15, -0.1) is 0 Å². The van der Waals surface area contributed by atoms with Gasteiger partial charge in [0, 0.05) is 34.4 Å². The van der Waals surface area contributed by atoms with Crippen LogP contribution < -0.4 is 4.90 Å². The molecular formula is C19H18Cl2N2O2. The van der Waals surface area contributed by atoms with E-state index in [1.54, 1.807) is 53.1 Å². The molecule has 130 valence electrons. The fourth-order valence-corrected chi connectivity index (χ4v) is 3.31. The van der Waals surface area contributed by atoms with Gasteiger partial charge in [-0.05, 0) is 55.8 Å². The zero-order valence-corrected chi connectivity index (χ0v) is 15.5. The minimum atomic E-state index is -0.546. The van der Waals surface area contributed by atoms with Gasteiger partial charge >= 0.3 is 0 Å². The summed E-state index contributed by atoms with van der Waals surface area (Å²) < 4.78 is 0. The Hall–Kier alpha value is -2.04. The lowest BCUT2D eigenvalue weighted by atomic mass is 10.1. The summed E-state index contributed by atoms with van der Waals surface area (Å²) in [5.41, 5.74) is 2.29. The van der Waals surface area contributed by atoms with Crippen molar-refractivity contribution >= 4 is 40.7 Å². The maximum Gasteiger partial charge on any atom is 0.254 e. The number of hydrogen-bond donors (Lipinski definition) is 0. The first-order valence-electron chi connectivity index (χ1n) is 8.02. The second kappa shape index (κ2) is 7.06. The minimum Gasteiger partial charge on any atom is -0.325 e. The normalized spacial score (nSPS) is 17.8. The predicted octanol–water partition coefficient (Wildman–Crippen LogP) is 4.18. The Balaban J connectivity index is 1.83. The third-order valence-corrected chi connectivity index (χ3v) is 4.96. The monoisotopic (exact) mass is 376 g/mol. The summed E-state index contributed by atoms with van der Waals surface area (Å²) in [6.07, 6.45) is 0. The van der Waals surface area contributed by atoms with Gasteiger partial charge in [-0.25, -0.2) is 0 Å². The van der Waals surface area contributed by atoms with Crippen LogP contribution in [0.5, 0.6) is 0 Å². The number of hydrogen-bond acceptors (Lipinski definition) is 2. The van der Waals surface area contributed by atoms with Crippen molar-refractivity contribution in [1.29, 1.82) is 0 Å². The van der Waals surface area contributed by atoms with Crippen LogP contribution in [0.1, 0.15) is 22.8 Å². The molecule has 6 heteroatoms. The molecule has 0 bridgehead atoms. The van der Waals surface area contributed by atoms with Crippen molar-refractivity contribution in [1.82, 2.24) is 4.90 Å². The van der Waals surface area contributed by atoms with Crippen LogP contribution in [0.2, 0.25) is 10.0 Å². The van der Waals surface area contributed by atoms with E-state index in [2.05, 4.69) is 0 Å². The summed E-state index contributed by atoms with van der Waals surface area (Å²) in [5.74, 6) is -0.279. The van der Waals surface area contributed by atoms with Gasteiger partial charge in [-0.2, -0.15) is 0 Å². The number of halogens is 2. The van der Waals surface area contributed by atoms with Gasteiger partial charge < -0.3 is 9.80 Å². The van der Waals surface area contributed by atoms with E-state index < -0.39 is 6.04 Å². The first-order valence-corrected chi connectivity index (χ1v) is 8.78. The minimum absolute atomic E-state index is 0.112. The molecule has 0 N–H and O–H groups in total. The van der Waals surface area contributed by atoms with Crippen molar-refractivity contribution in [2.45, 2.75) is 19.9 Å². The highest BCUT2D eigenvalue weighted by Gasteiger charge is 2.35. The van der Waals surface area contributed by atoms with Crippen LogP contribution in [-0.4, -0.2) is 35.8 Å². The molecular weight excluding hydrogens is 359 g/mol. The third kappa shape index (κ3) is 3.51. The molecule has 1 saturated heterocycles. The van der Waals surface area contributed by atoms with Gasteiger partial charge in [0.25, 0.3) is 5.91 Å². The summed E-state index contributed by atoms with van der Waals surface area (Å²) in [7, 11) is 0. The summed E-state index contributed by atoms with van der Waals surface area (Å²) in [6.45, 7) is 4.58. The van der Waals surface area contributed by atoms with Crippen LogP contribution in [0.3, 0.4) is 0 Å². The molecule has 3 rings (SSSR count). The van der Waals surface area contributed by atoms with Gasteiger partial charge in [0.05, 0.1) is 0 Å². The van der Waals surface area contributed by atoms with Crippen molar-refractivity contribution < 1.29 is 9.59 Å². The highest BCUT2D eigenvalue weighted by Crippen LogP contribution is 2.28. The molecule has 4 nitrogen and oxygen atoms in total. The van der Waals surface area contributed by atoms with Gasteiger partial charge in [-0.1, -0.05) is 29.3 Å². The molecule has 1 aliphatic heterocycles. The number of rotatable bonds is 2. The standard InChI is InChI=1S/C19H18Cl2N2O2/c1-12-3-6-16(21)11-17(12)23-10-9-22(13(2)18(23)24)19(25)14-4-7-15(20)8-5-14/h3-8,11,13H,9-10H2,1-2H3/t13-/m0/s1. The molecule has 0 aliphatic carbocycles. The number of anilines is 1. The lowest BCUT2D eigenvalue weighted by molar-refractivity contribution is -0.124. The SMILES string of the molecule is Cc1ccc(Cl)cc1N1CCN(C(=O)c2ccc(Cl)cc2)[C@@H](C)C1=O. The highest BCUT2D eigenvalue weighted by molar-refractivity contribution is 6.31. The number of nitrogens with zero attached hydrogens (tertiary/aromatic N) is 2. The van der Waals surface area contributed by atoms with Gasteiger partial charge in [-0.3, -0.25) is 9.59 Å². The molecule has 2 aromatic carbocycles. The molecule has 2 aromatic rings. The first kappa shape index (κ1) is 17.8. The molecule has 0 saturated carbocycles. The van der Waals surface area contributed by atoms with Crippen LogP contribution >= 0.6 is 23.2 Å². The molecule has 2 amide bonds. The second-order valence-electron chi connectivity index (χ2n) is 6.10. The fraction of sp³-hybridized carbons (Fsp3) is 0.263. The van der Waals surface area contributed by atoms with Crippen molar-refractivity contribution in [3.05, 3.63) is 63.6 Å². The van der Waals surface area contributed by atoms with Crippen LogP contribution in [0, 0.1) is 6.92 Å². The van der Waals surface area contributed by atoms with Gasteiger partial charge in [0.2, 0.25) is 5.91 Å². The first-order chi connectivity index (χ1) is 11.9. The highest BCUT2D eigenvalue weighted by atomic mass is 35.5. The van der Waals surface area contributed by atoms with Crippen LogP contribution in [-0.2, 0) is 4.79 Å². The van der Waals surface area contributed by atoms with E-state index >= 15 is 0 Å². The van der Waals surface area contributed by atoms with E-state index in [9.17, 15) is 9.59 Å². The molecule has 0 unspecified atom stereocenters. The number of carbonyl (C=O) groups excluding carboxylic acids is 2. The molecule has 1 heterocycles. The van der Waals surface area contributed by atoms with Gasteiger partial charge in [0.1, 0.15) is 6.04 Å². The van der Waals surface area contributed by atoms with E-state index in [1.165, 1.54) is 0 Å². The van der Waals surface area contributed by atoms with Crippen LogP contribution in [0.15, 0.2) is 42.5 Å². The quantitative estimate of drug-likeness (QED) is 0.788. The summed E-state index contributed by atoms with van der Waals surface area (Å²) in [4.78, 5) is 28.9. The summed E-state index contributed by atoms with van der Waals surface area (Å²) in [5, 5.41) is 1.16. The average Bonchev–Trinajstić information content (AvgIpc) is 2.60. The van der Waals surface area contributed by atoms with Crippen molar-refractivity contribution in [2.24, 2.45) is 0 Å². The van der Waals surface area contributed by atoms with E-state index in [4.69, 9.17) is 23.2 Å². The number of benzene rings is 2. The van der Waals surface area contributed by atoms with E-state index in [-0.39, 0.29) is 11.8 Å². The summed E-state index contributed by atoms with van der Waals surface area (Å²) >= 11 is 12.0. The molecule has 1 fully saturated rings. The van der Waals surface area contributed by atoms with E-state index in [1.807, 2.05) is 13.0 Å². The average molecular weight is 377 g/mol. The van der Waals surface area contributed by atoms with Crippen molar-refractivity contribution in [3.63, 3.8) is 0 Å². The fourth-order valence-electron chi connectivity index (χ4n) is 3.02. The van der Waals surface area contributed by atoms with Crippen molar-refractivity contribution in [3.8, 4) is 0 Å². The predicted molar refractivity (Wildman–Crippen MR) is 100 cm³/mol. The smallest absolute Gasteiger partial charge is 0.254 e. The molecule has 0 spiro atoms. The zero-order valence-electron chi connectivity index (χ0n) is 14.0. The Bertz CT molecular complexity index is 821. The Labute approximate surface area is 156 Å². The lowest BCUT2D eigenvalue weighted by Gasteiger charge is -2.39. The van der Waals surface area contributed by atoms with E-state index in [0.717, 1.165) is 11.3 Å².